The number of hydrogen-bond acceptors (Lipinski definition) is 4. The third-order valence-electron chi connectivity index (χ3n) is 6.05. The molecule has 0 fully saturated rings. The Balaban J connectivity index is 1.78. The number of Topliss-reactive ketones (excluding diaryl/α,β-unsaturated/α-hetero) is 1. The smallest absolute Gasteiger partial charge is 0.205 e. The standard InChI is InChI=1S/C24H21N3O2/c1-2-27-18-7-4-3-6-15(18)16-12-14(10-11-19(16)27)22-17(13-25)24(26)29-21-9-5-8-20(28)23(21)22/h3-4,6-7,10-12,22H,2,5,8-9,26H2,1H3/t22-/m0/s1. The average Bonchev–Trinajstić information content (AvgIpc) is 3.06. The second-order valence-corrected chi connectivity index (χ2v) is 7.58. The molecule has 0 amide bonds. The molecular weight excluding hydrogens is 362 g/mol. The number of carbonyl (C=O) groups excluding carboxylic acids is 1. The fourth-order valence-electron chi connectivity index (χ4n) is 4.78. The summed E-state index contributed by atoms with van der Waals surface area (Å²) in [6.45, 7) is 3.00. The number of ketones is 1. The van der Waals surface area contributed by atoms with E-state index in [1.54, 1.807) is 0 Å². The van der Waals surface area contributed by atoms with Crippen molar-refractivity contribution < 1.29 is 9.53 Å². The Bertz CT molecular complexity index is 1290. The summed E-state index contributed by atoms with van der Waals surface area (Å²) in [4.78, 5) is 12.8. The molecule has 1 atom stereocenters. The van der Waals surface area contributed by atoms with Crippen molar-refractivity contribution >= 4 is 27.6 Å². The molecule has 1 aliphatic carbocycles. The van der Waals surface area contributed by atoms with Crippen molar-refractivity contribution in [2.75, 3.05) is 0 Å². The summed E-state index contributed by atoms with van der Waals surface area (Å²) >= 11 is 0. The van der Waals surface area contributed by atoms with E-state index in [0.29, 0.717) is 29.7 Å². The van der Waals surface area contributed by atoms with Gasteiger partial charge in [0.25, 0.3) is 0 Å². The molecule has 1 aliphatic heterocycles. The molecule has 5 heteroatoms. The molecule has 0 spiro atoms. The fourth-order valence-corrected chi connectivity index (χ4v) is 4.78. The van der Waals surface area contributed by atoms with Gasteiger partial charge in [-0.1, -0.05) is 24.3 Å². The minimum Gasteiger partial charge on any atom is -0.444 e. The molecule has 0 unspecified atom stereocenters. The van der Waals surface area contributed by atoms with Crippen molar-refractivity contribution in [3.8, 4) is 6.07 Å². The Kier molecular flexibility index (Phi) is 3.95. The van der Waals surface area contributed by atoms with Gasteiger partial charge in [0.2, 0.25) is 5.88 Å². The molecule has 2 heterocycles. The van der Waals surface area contributed by atoms with Crippen molar-refractivity contribution in [2.45, 2.75) is 38.6 Å². The Hall–Kier alpha value is -3.52. The van der Waals surface area contributed by atoms with Crippen LogP contribution in [0.25, 0.3) is 21.8 Å². The number of nitrogens with zero attached hydrogens (tertiary/aromatic N) is 2. The summed E-state index contributed by atoms with van der Waals surface area (Å²) in [5.74, 6) is 0.318. The number of rotatable bonds is 2. The summed E-state index contributed by atoms with van der Waals surface area (Å²) in [5, 5.41) is 12.1. The first-order valence-corrected chi connectivity index (χ1v) is 9.98. The molecule has 3 aromatic rings. The van der Waals surface area contributed by atoms with Crippen molar-refractivity contribution in [2.24, 2.45) is 5.73 Å². The van der Waals surface area contributed by atoms with Gasteiger partial charge < -0.3 is 15.0 Å². The molecule has 5 rings (SSSR count). The summed E-state index contributed by atoms with van der Waals surface area (Å²) < 4.78 is 7.97. The van der Waals surface area contributed by atoms with Gasteiger partial charge in [-0.25, -0.2) is 0 Å². The zero-order chi connectivity index (χ0) is 20.1. The maximum absolute atomic E-state index is 12.8. The first-order chi connectivity index (χ1) is 14.1. The number of hydrogen-bond donors (Lipinski definition) is 1. The van der Waals surface area contributed by atoms with E-state index in [1.165, 1.54) is 5.52 Å². The SMILES string of the molecule is CCn1c2ccccc2c2cc([C@H]3C(C#N)=C(N)OC4=C3C(=O)CCC4)ccc21. The molecule has 2 aliphatic rings. The summed E-state index contributed by atoms with van der Waals surface area (Å²) in [5.41, 5.74) is 10.2. The summed E-state index contributed by atoms with van der Waals surface area (Å²) in [7, 11) is 0. The highest BCUT2D eigenvalue weighted by atomic mass is 16.5. The molecule has 29 heavy (non-hydrogen) atoms. The van der Waals surface area contributed by atoms with Gasteiger partial charge in [0.1, 0.15) is 17.4 Å². The number of carbonyl (C=O) groups is 1. The lowest BCUT2D eigenvalue weighted by Gasteiger charge is -2.31. The number of aromatic nitrogens is 1. The van der Waals surface area contributed by atoms with Gasteiger partial charge in [0, 0.05) is 46.8 Å². The van der Waals surface area contributed by atoms with E-state index < -0.39 is 5.92 Å². The third kappa shape index (κ3) is 2.49. The van der Waals surface area contributed by atoms with Crippen LogP contribution in [0.4, 0.5) is 0 Å². The lowest BCUT2D eigenvalue weighted by atomic mass is 9.77. The lowest BCUT2D eigenvalue weighted by Crippen LogP contribution is -2.27. The van der Waals surface area contributed by atoms with Crippen LogP contribution >= 0.6 is 0 Å². The third-order valence-corrected chi connectivity index (χ3v) is 6.05. The van der Waals surface area contributed by atoms with Gasteiger partial charge in [-0.2, -0.15) is 5.26 Å². The van der Waals surface area contributed by atoms with E-state index in [2.05, 4.69) is 41.8 Å². The van der Waals surface area contributed by atoms with E-state index in [0.717, 1.165) is 34.8 Å². The highest BCUT2D eigenvalue weighted by Crippen LogP contribution is 2.44. The number of aryl methyl sites for hydroxylation is 1. The number of benzene rings is 2. The monoisotopic (exact) mass is 383 g/mol. The minimum atomic E-state index is -0.468. The molecule has 144 valence electrons. The topological polar surface area (TPSA) is 81.0 Å². The maximum Gasteiger partial charge on any atom is 0.205 e. The van der Waals surface area contributed by atoms with Crippen LogP contribution in [-0.4, -0.2) is 10.4 Å². The van der Waals surface area contributed by atoms with Gasteiger partial charge in [-0.15, -0.1) is 0 Å². The molecule has 1 aromatic heterocycles. The van der Waals surface area contributed by atoms with E-state index in [1.807, 2.05) is 18.2 Å². The molecule has 2 aromatic carbocycles. The normalized spacial score (nSPS) is 19.4. The molecule has 5 nitrogen and oxygen atoms in total. The zero-order valence-corrected chi connectivity index (χ0v) is 16.2. The van der Waals surface area contributed by atoms with Crippen molar-refractivity contribution in [3.05, 3.63) is 70.8 Å². The van der Waals surface area contributed by atoms with Crippen LogP contribution in [0, 0.1) is 11.3 Å². The van der Waals surface area contributed by atoms with Crippen LogP contribution in [0.2, 0.25) is 0 Å². The van der Waals surface area contributed by atoms with Crippen LogP contribution < -0.4 is 5.73 Å². The Labute approximate surface area is 168 Å². The molecule has 0 radical (unpaired) electrons. The first-order valence-electron chi connectivity index (χ1n) is 9.98. The highest BCUT2D eigenvalue weighted by molar-refractivity contribution is 6.08. The van der Waals surface area contributed by atoms with Crippen LogP contribution in [0.1, 0.15) is 37.7 Å². The largest absolute Gasteiger partial charge is 0.444 e. The van der Waals surface area contributed by atoms with E-state index in [4.69, 9.17) is 10.5 Å². The predicted octanol–water partition coefficient (Wildman–Crippen LogP) is 4.63. The lowest BCUT2D eigenvalue weighted by molar-refractivity contribution is -0.116. The van der Waals surface area contributed by atoms with Crippen LogP contribution in [0.15, 0.2) is 65.3 Å². The molecule has 0 saturated heterocycles. The quantitative estimate of drug-likeness (QED) is 0.700. The molecular formula is C24H21N3O2. The van der Waals surface area contributed by atoms with E-state index in [9.17, 15) is 10.1 Å². The number of para-hydroxylation sites is 1. The second-order valence-electron chi connectivity index (χ2n) is 7.58. The summed E-state index contributed by atoms with van der Waals surface area (Å²) in [6.07, 6.45) is 1.91. The number of fused-ring (bicyclic) bond motifs is 3. The number of ether oxygens (including phenoxy) is 1. The van der Waals surface area contributed by atoms with E-state index >= 15 is 0 Å². The van der Waals surface area contributed by atoms with Gasteiger partial charge in [-0.3, -0.25) is 4.79 Å². The minimum absolute atomic E-state index is 0.0487. The number of nitriles is 1. The molecule has 2 N–H and O–H groups in total. The zero-order valence-electron chi connectivity index (χ0n) is 16.2. The average molecular weight is 383 g/mol. The maximum atomic E-state index is 12.8. The molecule has 0 bridgehead atoms. The summed E-state index contributed by atoms with van der Waals surface area (Å²) in [6, 6.07) is 16.7. The molecule has 0 saturated carbocycles. The van der Waals surface area contributed by atoms with Crippen molar-refractivity contribution in [3.63, 3.8) is 0 Å². The van der Waals surface area contributed by atoms with Crippen molar-refractivity contribution in [1.82, 2.24) is 4.57 Å². The predicted molar refractivity (Wildman–Crippen MR) is 112 cm³/mol. The second kappa shape index (κ2) is 6.52. The van der Waals surface area contributed by atoms with Crippen LogP contribution in [0.5, 0.6) is 0 Å². The van der Waals surface area contributed by atoms with Gasteiger partial charge in [0.15, 0.2) is 5.78 Å². The van der Waals surface area contributed by atoms with Crippen molar-refractivity contribution in [1.29, 1.82) is 5.26 Å². The van der Waals surface area contributed by atoms with Gasteiger partial charge in [0.05, 0.1) is 5.92 Å². The van der Waals surface area contributed by atoms with Gasteiger partial charge >= 0.3 is 0 Å². The van der Waals surface area contributed by atoms with Crippen LogP contribution in [-0.2, 0) is 16.1 Å². The Morgan fingerprint density at radius 3 is 2.76 bits per heavy atom. The highest BCUT2D eigenvalue weighted by Gasteiger charge is 2.38. The number of nitrogens with two attached hydrogens (primary N) is 1. The Morgan fingerprint density at radius 2 is 1.97 bits per heavy atom. The fraction of sp³-hybridized carbons (Fsp3) is 0.250. The number of allylic oxidation sites excluding steroid dienone is 3. The van der Waals surface area contributed by atoms with Gasteiger partial charge in [-0.05, 0) is 37.1 Å². The first kappa shape index (κ1) is 17.6. The Morgan fingerprint density at radius 1 is 1.17 bits per heavy atom. The van der Waals surface area contributed by atoms with Crippen LogP contribution in [0.3, 0.4) is 0 Å². The van der Waals surface area contributed by atoms with E-state index in [-0.39, 0.29) is 11.7 Å².